The second-order valence-corrected chi connectivity index (χ2v) is 6.60. The summed E-state index contributed by atoms with van der Waals surface area (Å²) in [6.07, 6.45) is 4.71. The fraction of sp³-hybridized carbons (Fsp3) is 0.556. The minimum atomic E-state index is -0.795. The third-order valence-corrected chi connectivity index (χ3v) is 5.29. The molecular formula is C18H23NO3. The summed E-state index contributed by atoms with van der Waals surface area (Å²) >= 11 is 0. The van der Waals surface area contributed by atoms with Crippen LogP contribution < -0.4 is 5.32 Å². The maximum Gasteiger partial charge on any atom is 0.307 e. The van der Waals surface area contributed by atoms with E-state index >= 15 is 0 Å². The van der Waals surface area contributed by atoms with Crippen LogP contribution in [0.25, 0.3) is 0 Å². The molecule has 0 radical (unpaired) electrons. The first-order valence-electron chi connectivity index (χ1n) is 8.21. The van der Waals surface area contributed by atoms with Crippen LogP contribution >= 0.6 is 0 Å². The Balaban J connectivity index is 1.48. The molecule has 1 aromatic rings. The zero-order chi connectivity index (χ0) is 15.5. The van der Waals surface area contributed by atoms with Gasteiger partial charge in [-0.15, -0.1) is 0 Å². The molecule has 4 nitrogen and oxygen atoms in total. The van der Waals surface area contributed by atoms with Crippen LogP contribution in [0.15, 0.2) is 30.3 Å². The van der Waals surface area contributed by atoms with Gasteiger partial charge in [-0.3, -0.25) is 9.59 Å². The van der Waals surface area contributed by atoms with E-state index in [0.29, 0.717) is 6.54 Å². The lowest BCUT2D eigenvalue weighted by atomic mass is 9.78. The number of rotatable bonds is 6. The van der Waals surface area contributed by atoms with Gasteiger partial charge in [0.25, 0.3) is 0 Å². The summed E-state index contributed by atoms with van der Waals surface area (Å²) in [5, 5.41) is 12.4. The highest BCUT2D eigenvalue weighted by atomic mass is 16.4. The Morgan fingerprint density at radius 2 is 1.77 bits per heavy atom. The molecule has 0 aliphatic heterocycles. The predicted molar refractivity (Wildman–Crippen MR) is 83.2 cm³/mol. The lowest BCUT2D eigenvalue weighted by Crippen LogP contribution is -2.41. The van der Waals surface area contributed by atoms with Crippen LogP contribution in [0.2, 0.25) is 0 Å². The van der Waals surface area contributed by atoms with E-state index in [1.54, 1.807) is 0 Å². The third kappa shape index (κ3) is 3.01. The Kier molecular flexibility index (Phi) is 4.46. The molecule has 2 N–H and O–H groups in total. The van der Waals surface area contributed by atoms with Crippen molar-refractivity contribution in [1.29, 1.82) is 0 Å². The minimum Gasteiger partial charge on any atom is -0.481 e. The zero-order valence-electron chi connectivity index (χ0n) is 12.7. The number of aryl methyl sites for hydroxylation is 1. The van der Waals surface area contributed by atoms with Crippen LogP contribution in [-0.2, 0) is 16.0 Å². The molecule has 1 aromatic carbocycles. The summed E-state index contributed by atoms with van der Waals surface area (Å²) in [5.41, 5.74) is 1.26. The molecule has 22 heavy (non-hydrogen) atoms. The van der Waals surface area contributed by atoms with E-state index in [-0.39, 0.29) is 23.7 Å². The number of benzene rings is 1. The number of fused-ring (bicyclic) bond motifs is 2. The highest BCUT2D eigenvalue weighted by Crippen LogP contribution is 2.52. The van der Waals surface area contributed by atoms with Crippen molar-refractivity contribution in [3.63, 3.8) is 0 Å². The second-order valence-electron chi connectivity index (χ2n) is 6.60. The number of hydrogen-bond acceptors (Lipinski definition) is 2. The number of carbonyl (C=O) groups is 2. The first kappa shape index (κ1) is 15.1. The maximum absolute atomic E-state index is 12.4. The first-order valence-corrected chi connectivity index (χ1v) is 8.21. The highest BCUT2D eigenvalue weighted by molar-refractivity contribution is 5.86. The molecule has 4 heteroatoms. The summed E-state index contributed by atoms with van der Waals surface area (Å²) in [7, 11) is 0. The van der Waals surface area contributed by atoms with Crippen molar-refractivity contribution in [1.82, 2.24) is 5.32 Å². The minimum absolute atomic E-state index is 0.0485. The summed E-state index contributed by atoms with van der Waals surface area (Å²) in [6, 6.07) is 10.2. The lowest BCUT2D eigenvalue weighted by Gasteiger charge is -2.27. The molecule has 2 fully saturated rings. The first-order chi connectivity index (χ1) is 10.7. The Morgan fingerprint density at radius 1 is 1.09 bits per heavy atom. The van der Waals surface area contributed by atoms with Crippen LogP contribution in [0.1, 0.15) is 31.2 Å². The van der Waals surface area contributed by atoms with Gasteiger partial charge in [0.15, 0.2) is 0 Å². The number of aliphatic carboxylic acids is 1. The molecule has 0 aromatic heterocycles. The second kappa shape index (κ2) is 6.51. The number of carboxylic acid groups (broad SMARTS) is 1. The molecule has 0 unspecified atom stereocenters. The van der Waals surface area contributed by atoms with Crippen molar-refractivity contribution in [3.8, 4) is 0 Å². The molecule has 0 spiro atoms. The van der Waals surface area contributed by atoms with E-state index in [1.165, 1.54) is 5.56 Å². The number of hydrogen-bond donors (Lipinski definition) is 2. The SMILES string of the molecule is O=C(O)[C@@H]1[C@H]2CC[C@@H](C2)[C@@H]1C(=O)NCCCc1ccccc1. The van der Waals surface area contributed by atoms with Gasteiger partial charge in [0.05, 0.1) is 11.8 Å². The van der Waals surface area contributed by atoms with E-state index in [4.69, 9.17) is 0 Å². The lowest BCUT2D eigenvalue weighted by molar-refractivity contribution is -0.149. The predicted octanol–water partition coefficient (Wildman–Crippen LogP) is 2.48. The summed E-state index contributed by atoms with van der Waals surface area (Å²) in [4.78, 5) is 23.8. The average Bonchev–Trinajstić information content (AvgIpc) is 3.13. The number of carboxylic acids is 1. The van der Waals surface area contributed by atoms with Gasteiger partial charge in [0, 0.05) is 6.54 Å². The van der Waals surface area contributed by atoms with Gasteiger partial charge < -0.3 is 10.4 Å². The van der Waals surface area contributed by atoms with Crippen molar-refractivity contribution in [2.75, 3.05) is 6.54 Å². The normalized spacial score (nSPS) is 29.5. The van der Waals surface area contributed by atoms with Crippen LogP contribution in [0, 0.1) is 23.7 Å². The summed E-state index contributed by atoms with van der Waals surface area (Å²) in [5.74, 6) is -1.13. The Hall–Kier alpha value is -1.84. The Labute approximate surface area is 130 Å². The van der Waals surface area contributed by atoms with E-state index in [0.717, 1.165) is 32.1 Å². The average molecular weight is 301 g/mol. The van der Waals surface area contributed by atoms with Crippen molar-refractivity contribution in [3.05, 3.63) is 35.9 Å². The van der Waals surface area contributed by atoms with Gasteiger partial charge in [-0.2, -0.15) is 0 Å². The van der Waals surface area contributed by atoms with Crippen molar-refractivity contribution in [2.45, 2.75) is 32.1 Å². The molecule has 3 rings (SSSR count). The largest absolute Gasteiger partial charge is 0.481 e. The molecule has 2 bridgehead atoms. The van der Waals surface area contributed by atoms with E-state index < -0.39 is 11.9 Å². The van der Waals surface area contributed by atoms with Crippen LogP contribution in [0.5, 0.6) is 0 Å². The van der Waals surface area contributed by atoms with Crippen molar-refractivity contribution in [2.24, 2.45) is 23.7 Å². The van der Waals surface area contributed by atoms with Gasteiger partial charge in [-0.05, 0) is 49.5 Å². The molecule has 4 atom stereocenters. The van der Waals surface area contributed by atoms with Gasteiger partial charge in [-0.25, -0.2) is 0 Å². The Morgan fingerprint density at radius 3 is 2.45 bits per heavy atom. The third-order valence-electron chi connectivity index (χ3n) is 5.29. The van der Waals surface area contributed by atoms with Gasteiger partial charge in [0.1, 0.15) is 0 Å². The summed E-state index contributed by atoms with van der Waals surface area (Å²) < 4.78 is 0. The highest BCUT2D eigenvalue weighted by Gasteiger charge is 2.53. The quantitative estimate of drug-likeness (QED) is 0.793. The summed E-state index contributed by atoms with van der Waals surface area (Å²) in [6.45, 7) is 0.619. The molecular weight excluding hydrogens is 278 g/mol. The molecule has 2 saturated carbocycles. The van der Waals surface area contributed by atoms with Gasteiger partial charge >= 0.3 is 5.97 Å². The van der Waals surface area contributed by atoms with Crippen molar-refractivity contribution < 1.29 is 14.7 Å². The van der Waals surface area contributed by atoms with Gasteiger partial charge in [-0.1, -0.05) is 30.3 Å². The van der Waals surface area contributed by atoms with Crippen LogP contribution in [0.4, 0.5) is 0 Å². The fourth-order valence-corrected chi connectivity index (χ4v) is 4.29. The van der Waals surface area contributed by atoms with E-state index in [9.17, 15) is 14.7 Å². The zero-order valence-corrected chi connectivity index (χ0v) is 12.7. The maximum atomic E-state index is 12.4. The number of carbonyl (C=O) groups excluding carboxylic acids is 1. The van der Waals surface area contributed by atoms with Crippen molar-refractivity contribution >= 4 is 11.9 Å². The fourth-order valence-electron chi connectivity index (χ4n) is 4.29. The molecule has 2 aliphatic carbocycles. The topological polar surface area (TPSA) is 66.4 Å². The number of amides is 1. The van der Waals surface area contributed by atoms with Crippen LogP contribution in [-0.4, -0.2) is 23.5 Å². The van der Waals surface area contributed by atoms with Gasteiger partial charge in [0.2, 0.25) is 5.91 Å². The van der Waals surface area contributed by atoms with E-state index in [2.05, 4.69) is 17.4 Å². The molecule has 118 valence electrons. The molecule has 2 aliphatic rings. The van der Waals surface area contributed by atoms with Crippen LogP contribution in [0.3, 0.4) is 0 Å². The number of nitrogens with one attached hydrogen (secondary N) is 1. The molecule has 0 heterocycles. The standard InChI is InChI=1S/C18H23NO3/c20-17(19-10-4-7-12-5-2-1-3-6-12)15-13-8-9-14(11-13)16(15)18(21)22/h1-3,5-6,13-16H,4,7-11H2,(H,19,20)(H,21,22)/t13-,14-,15-,16+/m0/s1. The Bertz CT molecular complexity index is 543. The molecule has 0 saturated heterocycles. The molecule has 1 amide bonds. The monoisotopic (exact) mass is 301 g/mol. The van der Waals surface area contributed by atoms with E-state index in [1.807, 2.05) is 18.2 Å². The smallest absolute Gasteiger partial charge is 0.307 e.